The summed E-state index contributed by atoms with van der Waals surface area (Å²) in [4.78, 5) is 0. The zero-order valence-electron chi connectivity index (χ0n) is 8.95. The van der Waals surface area contributed by atoms with E-state index >= 15 is 0 Å². The second-order valence-corrected chi connectivity index (χ2v) is 3.08. The molecule has 0 N–H and O–H groups in total. The first-order chi connectivity index (χ1) is 6.91. The standard InChI is InChI=1S/C13H19N/c1-2-3-4-5-6-7-8-9-10-11-12-13-14/h2-3,7-8,11-12H,4-6,9-10H2,1H3/b3-2+,8-7+,12-11+. The minimum Gasteiger partial charge on any atom is -0.193 e. The summed E-state index contributed by atoms with van der Waals surface area (Å²) < 4.78 is 0. The Morgan fingerprint density at radius 3 is 2.29 bits per heavy atom. The molecule has 0 unspecified atom stereocenters. The lowest BCUT2D eigenvalue weighted by atomic mass is 10.2. The van der Waals surface area contributed by atoms with Gasteiger partial charge in [0.25, 0.3) is 0 Å². The molecule has 0 bridgehead atoms. The molecule has 0 radical (unpaired) electrons. The van der Waals surface area contributed by atoms with Crippen LogP contribution in [0.5, 0.6) is 0 Å². The Hall–Kier alpha value is -1.29. The Bertz CT molecular complexity index is 228. The van der Waals surface area contributed by atoms with Crippen LogP contribution in [-0.4, -0.2) is 0 Å². The molecule has 0 aromatic heterocycles. The molecule has 1 heteroatoms. The third-order valence-electron chi connectivity index (χ3n) is 1.84. The second kappa shape index (κ2) is 11.7. The third-order valence-corrected chi connectivity index (χ3v) is 1.84. The number of hydrogen-bond donors (Lipinski definition) is 0. The molecule has 0 spiro atoms. The maximum absolute atomic E-state index is 8.23. The number of rotatable bonds is 7. The third kappa shape index (κ3) is 10.7. The van der Waals surface area contributed by atoms with Gasteiger partial charge in [0, 0.05) is 6.08 Å². The van der Waals surface area contributed by atoms with E-state index in [0.717, 1.165) is 19.3 Å². The summed E-state index contributed by atoms with van der Waals surface area (Å²) in [6.45, 7) is 2.05. The van der Waals surface area contributed by atoms with Gasteiger partial charge in [-0.1, -0.05) is 30.4 Å². The Labute approximate surface area is 87.4 Å². The van der Waals surface area contributed by atoms with Crippen LogP contribution in [-0.2, 0) is 0 Å². The molecule has 0 atom stereocenters. The number of hydrogen-bond acceptors (Lipinski definition) is 1. The van der Waals surface area contributed by atoms with E-state index in [1.165, 1.54) is 12.8 Å². The zero-order chi connectivity index (χ0) is 10.5. The van der Waals surface area contributed by atoms with Crippen LogP contribution in [0, 0.1) is 11.3 Å². The van der Waals surface area contributed by atoms with Crippen LogP contribution in [0.3, 0.4) is 0 Å². The molecular formula is C13H19N. The van der Waals surface area contributed by atoms with Crippen molar-refractivity contribution >= 4 is 0 Å². The Morgan fingerprint density at radius 1 is 0.929 bits per heavy atom. The summed E-state index contributed by atoms with van der Waals surface area (Å²) in [5, 5.41) is 8.23. The molecule has 14 heavy (non-hydrogen) atoms. The van der Waals surface area contributed by atoms with Crippen LogP contribution in [0.25, 0.3) is 0 Å². The van der Waals surface area contributed by atoms with Gasteiger partial charge in [-0.05, 0) is 39.0 Å². The van der Waals surface area contributed by atoms with Gasteiger partial charge >= 0.3 is 0 Å². The average molecular weight is 189 g/mol. The van der Waals surface area contributed by atoms with Crippen LogP contribution < -0.4 is 0 Å². The SMILES string of the molecule is C/C=C/CCC/C=C/CC/C=C/C#N. The average Bonchev–Trinajstić information content (AvgIpc) is 2.21. The topological polar surface area (TPSA) is 23.8 Å². The molecular weight excluding hydrogens is 170 g/mol. The molecule has 0 aliphatic carbocycles. The number of unbranched alkanes of at least 4 members (excludes halogenated alkanes) is 3. The van der Waals surface area contributed by atoms with Crippen LogP contribution in [0.4, 0.5) is 0 Å². The first-order valence-electron chi connectivity index (χ1n) is 5.22. The van der Waals surface area contributed by atoms with Gasteiger partial charge in [0.15, 0.2) is 0 Å². The summed E-state index contributed by atoms with van der Waals surface area (Å²) >= 11 is 0. The fraction of sp³-hybridized carbons (Fsp3) is 0.462. The van der Waals surface area contributed by atoms with Gasteiger partial charge in [-0.3, -0.25) is 0 Å². The molecule has 0 saturated heterocycles. The van der Waals surface area contributed by atoms with Crippen molar-refractivity contribution in [2.75, 3.05) is 0 Å². The van der Waals surface area contributed by atoms with E-state index < -0.39 is 0 Å². The minimum absolute atomic E-state index is 0.971. The van der Waals surface area contributed by atoms with Crippen molar-refractivity contribution in [1.82, 2.24) is 0 Å². The van der Waals surface area contributed by atoms with E-state index in [1.54, 1.807) is 6.08 Å². The van der Waals surface area contributed by atoms with Crippen molar-refractivity contribution in [1.29, 1.82) is 5.26 Å². The predicted molar refractivity (Wildman–Crippen MR) is 61.8 cm³/mol. The molecule has 0 amide bonds. The molecule has 76 valence electrons. The quantitative estimate of drug-likeness (QED) is 0.335. The maximum Gasteiger partial charge on any atom is 0.0908 e. The van der Waals surface area contributed by atoms with E-state index in [2.05, 4.69) is 31.2 Å². The predicted octanol–water partition coefficient (Wildman–Crippen LogP) is 4.15. The highest BCUT2D eigenvalue weighted by atomic mass is 14.2. The van der Waals surface area contributed by atoms with Gasteiger partial charge in [-0.15, -0.1) is 0 Å². The number of nitrogens with zero attached hydrogens (tertiary/aromatic N) is 1. The van der Waals surface area contributed by atoms with Crippen molar-refractivity contribution in [2.45, 2.75) is 39.0 Å². The van der Waals surface area contributed by atoms with E-state index in [9.17, 15) is 0 Å². The van der Waals surface area contributed by atoms with Crippen molar-refractivity contribution in [3.8, 4) is 6.07 Å². The fourth-order valence-corrected chi connectivity index (χ4v) is 1.08. The summed E-state index contributed by atoms with van der Waals surface area (Å²) in [5.41, 5.74) is 0. The monoisotopic (exact) mass is 189 g/mol. The lowest BCUT2D eigenvalue weighted by Crippen LogP contribution is -1.69. The fourth-order valence-electron chi connectivity index (χ4n) is 1.08. The maximum atomic E-state index is 8.23. The minimum atomic E-state index is 0.971. The highest BCUT2D eigenvalue weighted by molar-refractivity contribution is 5.02. The smallest absolute Gasteiger partial charge is 0.0908 e. The van der Waals surface area contributed by atoms with Crippen molar-refractivity contribution in [3.63, 3.8) is 0 Å². The Balaban J connectivity index is 3.20. The molecule has 0 aromatic carbocycles. The van der Waals surface area contributed by atoms with Crippen LogP contribution >= 0.6 is 0 Å². The van der Waals surface area contributed by atoms with Crippen molar-refractivity contribution < 1.29 is 0 Å². The largest absolute Gasteiger partial charge is 0.193 e. The normalized spacial score (nSPS) is 11.7. The summed E-state index contributed by atoms with van der Waals surface area (Å²) in [5.74, 6) is 0. The lowest BCUT2D eigenvalue weighted by molar-refractivity contribution is 0.861. The Morgan fingerprint density at radius 2 is 1.57 bits per heavy atom. The van der Waals surface area contributed by atoms with Gasteiger partial charge in [0.2, 0.25) is 0 Å². The molecule has 0 aliphatic rings. The summed E-state index contributed by atoms with van der Waals surface area (Å²) in [7, 11) is 0. The van der Waals surface area contributed by atoms with Crippen LogP contribution in [0.1, 0.15) is 39.0 Å². The first kappa shape index (κ1) is 12.7. The molecule has 0 aromatic rings. The van der Waals surface area contributed by atoms with Gasteiger partial charge < -0.3 is 0 Å². The molecule has 0 rings (SSSR count). The van der Waals surface area contributed by atoms with Gasteiger partial charge in [0.05, 0.1) is 6.07 Å². The van der Waals surface area contributed by atoms with E-state index in [1.807, 2.05) is 12.1 Å². The van der Waals surface area contributed by atoms with Crippen LogP contribution in [0.15, 0.2) is 36.5 Å². The van der Waals surface area contributed by atoms with E-state index in [-0.39, 0.29) is 0 Å². The van der Waals surface area contributed by atoms with Crippen molar-refractivity contribution in [2.24, 2.45) is 0 Å². The highest BCUT2D eigenvalue weighted by Gasteiger charge is 1.80. The highest BCUT2D eigenvalue weighted by Crippen LogP contribution is 2.00. The van der Waals surface area contributed by atoms with Gasteiger partial charge in [-0.2, -0.15) is 5.26 Å². The number of allylic oxidation sites excluding steroid dienone is 6. The van der Waals surface area contributed by atoms with E-state index in [0.29, 0.717) is 0 Å². The second-order valence-electron chi connectivity index (χ2n) is 3.08. The van der Waals surface area contributed by atoms with Crippen molar-refractivity contribution in [3.05, 3.63) is 36.5 Å². The van der Waals surface area contributed by atoms with E-state index in [4.69, 9.17) is 5.26 Å². The molecule has 1 nitrogen and oxygen atoms in total. The Kier molecular flexibility index (Phi) is 10.6. The molecule has 0 saturated carbocycles. The molecule has 0 fully saturated rings. The van der Waals surface area contributed by atoms with Crippen LogP contribution in [0.2, 0.25) is 0 Å². The molecule has 0 heterocycles. The summed E-state index contributed by atoms with van der Waals surface area (Å²) in [6, 6.07) is 1.98. The lowest BCUT2D eigenvalue weighted by Gasteiger charge is -1.89. The first-order valence-corrected chi connectivity index (χ1v) is 5.22. The van der Waals surface area contributed by atoms with Gasteiger partial charge in [0.1, 0.15) is 0 Å². The van der Waals surface area contributed by atoms with Gasteiger partial charge in [-0.25, -0.2) is 0 Å². The number of nitriles is 1. The zero-order valence-corrected chi connectivity index (χ0v) is 8.95. The molecule has 0 aliphatic heterocycles. The summed E-state index contributed by atoms with van der Waals surface area (Å²) in [6.07, 6.45) is 17.7.